The number of benzene rings is 1. The largest absolute Gasteiger partial charge is 0.496 e. The van der Waals surface area contributed by atoms with Crippen molar-refractivity contribution in [2.45, 2.75) is 25.8 Å². The fraction of sp³-hybridized carbons (Fsp3) is 0.417. The van der Waals surface area contributed by atoms with Gasteiger partial charge in [0, 0.05) is 10.5 Å². The number of amides is 1. The summed E-state index contributed by atoms with van der Waals surface area (Å²) < 4.78 is 6.15. The third-order valence-corrected chi connectivity index (χ3v) is 3.49. The second-order valence-corrected chi connectivity index (χ2v) is 4.90. The first-order valence-electron chi connectivity index (χ1n) is 5.27. The van der Waals surface area contributed by atoms with Crippen molar-refractivity contribution in [3.63, 3.8) is 0 Å². The lowest BCUT2D eigenvalue weighted by Crippen LogP contribution is -2.25. The Hall–Kier alpha value is -1.03. The van der Waals surface area contributed by atoms with Gasteiger partial charge in [-0.15, -0.1) is 0 Å². The number of halogens is 1. The van der Waals surface area contributed by atoms with E-state index >= 15 is 0 Å². The lowest BCUT2D eigenvalue weighted by atomic mass is 10.1. The lowest BCUT2D eigenvalue weighted by Gasteiger charge is -2.10. The molecule has 1 aliphatic rings. The van der Waals surface area contributed by atoms with Crippen LogP contribution >= 0.6 is 15.9 Å². The molecular formula is C12H14BrNO2. The molecule has 1 N–H and O–H groups in total. The van der Waals surface area contributed by atoms with E-state index in [-0.39, 0.29) is 5.91 Å². The van der Waals surface area contributed by atoms with Crippen LogP contribution in [-0.4, -0.2) is 19.1 Å². The minimum Gasteiger partial charge on any atom is -0.496 e. The normalized spacial score (nSPS) is 14.7. The summed E-state index contributed by atoms with van der Waals surface area (Å²) >= 11 is 3.42. The molecule has 1 aromatic rings. The zero-order valence-corrected chi connectivity index (χ0v) is 10.9. The van der Waals surface area contributed by atoms with Crippen molar-refractivity contribution >= 4 is 21.8 Å². The molecule has 1 amide bonds. The Morgan fingerprint density at radius 1 is 1.50 bits per heavy atom. The maximum Gasteiger partial charge on any atom is 0.255 e. The first kappa shape index (κ1) is 11.5. The first-order chi connectivity index (χ1) is 7.61. The molecule has 16 heavy (non-hydrogen) atoms. The molecule has 86 valence electrons. The predicted molar refractivity (Wildman–Crippen MR) is 65.9 cm³/mol. The molecule has 3 nitrogen and oxygen atoms in total. The van der Waals surface area contributed by atoms with Gasteiger partial charge in [-0.25, -0.2) is 0 Å². The van der Waals surface area contributed by atoms with E-state index in [0.29, 0.717) is 17.4 Å². The SMILES string of the molecule is COc1cc(C)c(Br)cc1C(=O)NC1CC1. The van der Waals surface area contributed by atoms with Gasteiger partial charge in [0.2, 0.25) is 0 Å². The molecule has 0 spiro atoms. The van der Waals surface area contributed by atoms with Gasteiger partial charge < -0.3 is 10.1 Å². The van der Waals surface area contributed by atoms with Crippen LogP contribution in [0.3, 0.4) is 0 Å². The summed E-state index contributed by atoms with van der Waals surface area (Å²) in [5.41, 5.74) is 1.65. The molecule has 1 aromatic carbocycles. The van der Waals surface area contributed by atoms with Crippen LogP contribution in [0, 0.1) is 6.92 Å². The summed E-state index contributed by atoms with van der Waals surface area (Å²) in [4.78, 5) is 11.9. The monoisotopic (exact) mass is 283 g/mol. The van der Waals surface area contributed by atoms with Crippen molar-refractivity contribution in [1.82, 2.24) is 5.32 Å². The third-order valence-electron chi connectivity index (χ3n) is 2.64. The Morgan fingerprint density at radius 2 is 2.19 bits per heavy atom. The van der Waals surface area contributed by atoms with Gasteiger partial charge in [-0.1, -0.05) is 15.9 Å². The molecule has 1 aliphatic carbocycles. The summed E-state index contributed by atoms with van der Waals surface area (Å²) in [6, 6.07) is 4.04. The minimum absolute atomic E-state index is 0.0555. The van der Waals surface area contributed by atoms with Crippen LogP contribution in [0.1, 0.15) is 28.8 Å². The number of rotatable bonds is 3. The maximum atomic E-state index is 11.9. The van der Waals surface area contributed by atoms with Gasteiger partial charge >= 0.3 is 0 Å². The number of nitrogens with one attached hydrogen (secondary N) is 1. The lowest BCUT2D eigenvalue weighted by molar-refractivity contribution is 0.0948. The van der Waals surface area contributed by atoms with Crippen LogP contribution < -0.4 is 10.1 Å². The van der Waals surface area contributed by atoms with Crippen LogP contribution in [0.4, 0.5) is 0 Å². The summed E-state index contributed by atoms with van der Waals surface area (Å²) in [5.74, 6) is 0.568. The highest BCUT2D eigenvalue weighted by Crippen LogP contribution is 2.28. The number of aryl methyl sites for hydroxylation is 1. The van der Waals surface area contributed by atoms with Gasteiger partial charge in [0.25, 0.3) is 5.91 Å². The van der Waals surface area contributed by atoms with Crippen LogP contribution in [0.25, 0.3) is 0 Å². The van der Waals surface area contributed by atoms with Crippen molar-refractivity contribution < 1.29 is 9.53 Å². The summed E-state index contributed by atoms with van der Waals surface area (Å²) in [7, 11) is 1.58. The third kappa shape index (κ3) is 2.38. The van der Waals surface area contributed by atoms with Crippen molar-refractivity contribution in [3.8, 4) is 5.75 Å². The molecule has 0 radical (unpaired) electrons. The van der Waals surface area contributed by atoms with Crippen molar-refractivity contribution in [2.75, 3.05) is 7.11 Å². The number of ether oxygens (including phenoxy) is 1. The van der Waals surface area contributed by atoms with Crippen molar-refractivity contribution in [2.24, 2.45) is 0 Å². The number of hydrogen-bond acceptors (Lipinski definition) is 2. The first-order valence-corrected chi connectivity index (χ1v) is 6.06. The molecule has 0 heterocycles. The molecule has 0 atom stereocenters. The highest BCUT2D eigenvalue weighted by atomic mass is 79.9. The Kier molecular flexibility index (Phi) is 3.19. The average molecular weight is 284 g/mol. The predicted octanol–water partition coefficient (Wildman–Crippen LogP) is 2.66. The van der Waals surface area contributed by atoms with Crippen LogP contribution in [0.5, 0.6) is 5.75 Å². The fourth-order valence-electron chi connectivity index (χ4n) is 1.49. The molecule has 0 aliphatic heterocycles. The van der Waals surface area contributed by atoms with Gasteiger partial charge in [-0.05, 0) is 37.5 Å². The van der Waals surface area contributed by atoms with Gasteiger partial charge in [0.1, 0.15) is 5.75 Å². The van der Waals surface area contributed by atoms with E-state index in [4.69, 9.17) is 4.74 Å². The van der Waals surface area contributed by atoms with Crippen LogP contribution in [0.2, 0.25) is 0 Å². The second kappa shape index (κ2) is 4.45. The number of hydrogen-bond donors (Lipinski definition) is 1. The van der Waals surface area contributed by atoms with E-state index in [1.807, 2.05) is 19.1 Å². The van der Waals surface area contributed by atoms with Gasteiger partial charge in [-0.3, -0.25) is 4.79 Å². The average Bonchev–Trinajstić information content (AvgIpc) is 3.05. The van der Waals surface area contributed by atoms with Crippen molar-refractivity contribution in [3.05, 3.63) is 27.7 Å². The van der Waals surface area contributed by atoms with E-state index in [1.54, 1.807) is 7.11 Å². The molecule has 1 saturated carbocycles. The quantitative estimate of drug-likeness (QED) is 0.926. The topological polar surface area (TPSA) is 38.3 Å². The molecule has 0 aromatic heterocycles. The fourth-order valence-corrected chi connectivity index (χ4v) is 1.84. The minimum atomic E-state index is -0.0555. The number of carbonyl (C=O) groups is 1. The van der Waals surface area contributed by atoms with E-state index in [0.717, 1.165) is 22.9 Å². The smallest absolute Gasteiger partial charge is 0.255 e. The standard InChI is InChI=1S/C12H14BrNO2/c1-7-5-11(16-2)9(6-10(7)13)12(15)14-8-3-4-8/h5-6,8H,3-4H2,1-2H3,(H,14,15). The van der Waals surface area contributed by atoms with Gasteiger partial charge in [-0.2, -0.15) is 0 Å². The number of carbonyl (C=O) groups excluding carboxylic acids is 1. The highest BCUT2D eigenvalue weighted by Gasteiger charge is 2.25. The van der Waals surface area contributed by atoms with Crippen LogP contribution in [0.15, 0.2) is 16.6 Å². The Balaban J connectivity index is 2.29. The molecule has 4 heteroatoms. The van der Waals surface area contributed by atoms with Gasteiger partial charge in [0.05, 0.1) is 12.7 Å². The van der Waals surface area contributed by atoms with Crippen LogP contribution in [-0.2, 0) is 0 Å². The van der Waals surface area contributed by atoms with E-state index in [1.165, 1.54) is 0 Å². The Bertz CT molecular complexity index is 427. The second-order valence-electron chi connectivity index (χ2n) is 4.05. The molecule has 0 bridgehead atoms. The molecule has 0 unspecified atom stereocenters. The summed E-state index contributed by atoms with van der Waals surface area (Å²) in [6.07, 6.45) is 2.17. The summed E-state index contributed by atoms with van der Waals surface area (Å²) in [5, 5.41) is 2.95. The molecular weight excluding hydrogens is 270 g/mol. The number of methoxy groups -OCH3 is 1. The molecule has 1 fully saturated rings. The zero-order valence-electron chi connectivity index (χ0n) is 9.34. The van der Waals surface area contributed by atoms with Gasteiger partial charge in [0.15, 0.2) is 0 Å². The van der Waals surface area contributed by atoms with E-state index in [2.05, 4.69) is 21.2 Å². The zero-order chi connectivity index (χ0) is 11.7. The highest BCUT2D eigenvalue weighted by molar-refractivity contribution is 9.10. The molecule has 0 saturated heterocycles. The Morgan fingerprint density at radius 3 is 2.75 bits per heavy atom. The van der Waals surface area contributed by atoms with Crippen molar-refractivity contribution in [1.29, 1.82) is 0 Å². The maximum absolute atomic E-state index is 11.9. The van der Waals surface area contributed by atoms with E-state index in [9.17, 15) is 4.79 Å². The van der Waals surface area contributed by atoms with E-state index < -0.39 is 0 Å². The Labute approximate surface area is 103 Å². The summed E-state index contributed by atoms with van der Waals surface area (Å²) in [6.45, 7) is 1.97. The molecule has 2 rings (SSSR count).